The predicted molar refractivity (Wildman–Crippen MR) is 115 cm³/mol. The summed E-state index contributed by atoms with van der Waals surface area (Å²) in [4.78, 5) is 11.1. The fourth-order valence-electron chi connectivity index (χ4n) is 3.43. The zero-order chi connectivity index (χ0) is 20.6. The van der Waals surface area contributed by atoms with Crippen LogP contribution < -0.4 is 15.5 Å². The minimum atomic E-state index is -0.194. The van der Waals surface area contributed by atoms with Crippen LogP contribution >= 0.6 is 0 Å². The lowest BCUT2D eigenvalue weighted by Crippen LogP contribution is -2.41. The maximum atomic E-state index is 13.2. The molecule has 1 fully saturated rings. The average molecular weight is 400 g/mol. The molecule has 1 aliphatic heterocycles. The molecule has 0 bridgehead atoms. The molecule has 2 aromatic rings. The van der Waals surface area contributed by atoms with Gasteiger partial charge in [0.1, 0.15) is 11.6 Å². The van der Waals surface area contributed by atoms with Gasteiger partial charge in [0.05, 0.1) is 12.7 Å². The molecular formula is C22H30FN5O. The number of ether oxygens (including phenoxy) is 1. The molecule has 1 atom stereocenters. The number of nitrogens with one attached hydrogen (secondary N) is 2. The Morgan fingerprint density at radius 1 is 1.31 bits per heavy atom. The predicted octanol–water partition coefficient (Wildman–Crippen LogP) is 2.66. The molecule has 6 nitrogen and oxygen atoms in total. The van der Waals surface area contributed by atoms with Gasteiger partial charge in [-0.15, -0.1) is 0 Å². The molecule has 3 rings (SSSR count). The summed E-state index contributed by atoms with van der Waals surface area (Å²) in [5.74, 6) is 1.53. The van der Waals surface area contributed by atoms with Gasteiger partial charge < -0.3 is 20.3 Å². The van der Waals surface area contributed by atoms with Gasteiger partial charge >= 0.3 is 0 Å². The first-order chi connectivity index (χ1) is 14.0. The summed E-state index contributed by atoms with van der Waals surface area (Å²) in [6, 6.07) is 9.04. The second-order valence-corrected chi connectivity index (χ2v) is 7.32. The highest BCUT2D eigenvalue weighted by atomic mass is 19.1. The van der Waals surface area contributed by atoms with Gasteiger partial charge in [-0.3, -0.25) is 4.99 Å². The van der Waals surface area contributed by atoms with Crippen molar-refractivity contribution in [3.05, 3.63) is 59.0 Å². The normalized spacial score (nSPS) is 17.3. The summed E-state index contributed by atoms with van der Waals surface area (Å²) < 4.78 is 18.8. The quantitative estimate of drug-likeness (QED) is 0.578. The first-order valence-corrected chi connectivity index (χ1v) is 10.1. The number of morpholine rings is 1. The van der Waals surface area contributed by atoms with Gasteiger partial charge in [0, 0.05) is 39.4 Å². The summed E-state index contributed by atoms with van der Waals surface area (Å²) in [5, 5.41) is 6.66. The second kappa shape index (κ2) is 10.2. The third kappa shape index (κ3) is 6.15. The summed E-state index contributed by atoms with van der Waals surface area (Å²) in [7, 11) is 1.76. The zero-order valence-corrected chi connectivity index (χ0v) is 17.4. The standard InChI is InChI=1S/C22H30FN5O/c1-16-12-20(23)5-4-19(16)7-9-26-22(24-3)27-14-18-6-8-25-21(13-18)28-10-11-29-17(2)15-28/h4-6,8,12-13,17H,7,9-11,14-15H2,1-3H3,(H2,24,26,27). The minimum Gasteiger partial charge on any atom is -0.375 e. The zero-order valence-electron chi connectivity index (χ0n) is 17.4. The molecule has 2 N–H and O–H groups in total. The number of nitrogens with zero attached hydrogens (tertiary/aromatic N) is 3. The van der Waals surface area contributed by atoms with Crippen molar-refractivity contribution in [2.75, 3.05) is 38.2 Å². The highest BCUT2D eigenvalue weighted by Crippen LogP contribution is 2.16. The number of benzene rings is 1. The van der Waals surface area contributed by atoms with Crippen LogP contribution in [0.1, 0.15) is 23.6 Å². The number of pyridine rings is 1. The number of rotatable bonds is 6. The molecule has 156 valence electrons. The molecule has 1 aromatic heterocycles. The molecule has 7 heteroatoms. The van der Waals surface area contributed by atoms with Gasteiger partial charge in [-0.05, 0) is 61.2 Å². The summed E-state index contributed by atoms with van der Waals surface area (Å²) in [5.41, 5.74) is 3.25. The molecule has 2 heterocycles. The van der Waals surface area contributed by atoms with Gasteiger partial charge in [-0.25, -0.2) is 9.37 Å². The minimum absolute atomic E-state index is 0.194. The maximum Gasteiger partial charge on any atom is 0.191 e. The van der Waals surface area contributed by atoms with Crippen molar-refractivity contribution in [1.82, 2.24) is 15.6 Å². The van der Waals surface area contributed by atoms with Crippen LogP contribution in [-0.4, -0.2) is 50.3 Å². The Hall–Kier alpha value is -2.67. The Labute approximate surface area is 172 Å². The van der Waals surface area contributed by atoms with Crippen molar-refractivity contribution in [3.8, 4) is 0 Å². The van der Waals surface area contributed by atoms with Crippen LogP contribution in [0.5, 0.6) is 0 Å². The van der Waals surface area contributed by atoms with Crippen LogP contribution in [0, 0.1) is 12.7 Å². The number of hydrogen-bond donors (Lipinski definition) is 2. The van der Waals surface area contributed by atoms with E-state index in [1.54, 1.807) is 13.1 Å². The van der Waals surface area contributed by atoms with Gasteiger partial charge in [0.25, 0.3) is 0 Å². The van der Waals surface area contributed by atoms with Crippen LogP contribution in [-0.2, 0) is 17.7 Å². The van der Waals surface area contributed by atoms with Crippen molar-refractivity contribution in [3.63, 3.8) is 0 Å². The monoisotopic (exact) mass is 399 g/mol. The van der Waals surface area contributed by atoms with Crippen molar-refractivity contribution in [2.24, 2.45) is 4.99 Å². The number of aliphatic imine (C=N–C) groups is 1. The first-order valence-electron chi connectivity index (χ1n) is 10.1. The van der Waals surface area contributed by atoms with Gasteiger partial charge in [-0.2, -0.15) is 0 Å². The molecule has 0 radical (unpaired) electrons. The lowest BCUT2D eigenvalue weighted by molar-refractivity contribution is 0.0529. The second-order valence-electron chi connectivity index (χ2n) is 7.32. The van der Waals surface area contributed by atoms with Crippen LogP contribution in [0.4, 0.5) is 10.2 Å². The van der Waals surface area contributed by atoms with Crippen molar-refractivity contribution in [2.45, 2.75) is 32.9 Å². The molecule has 1 aliphatic rings. The highest BCUT2D eigenvalue weighted by Gasteiger charge is 2.18. The number of guanidine groups is 1. The van der Waals surface area contributed by atoms with E-state index >= 15 is 0 Å². The third-order valence-electron chi connectivity index (χ3n) is 5.05. The average Bonchev–Trinajstić information content (AvgIpc) is 2.72. The highest BCUT2D eigenvalue weighted by molar-refractivity contribution is 5.79. The van der Waals surface area contributed by atoms with E-state index in [9.17, 15) is 4.39 Å². The van der Waals surface area contributed by atoms with Crippen molar-refractivity contribution >= 4 is 11.8 Å². The topological polar surface area (TPSA) is 61.8 Å². The van der Waals surface area contributed by atoms with Crippen LogP contribution in [0.25, 0.3) is 0 Å². The maximum absolute atomic E-state index is 13.2. The molecule has 29 heavy (non-hydrogen) atoms. The Morgan fingerprint density at radius 3 is 2.93 bits per heavy atom. The molecule has 0 spiro atoms. The van der Waals surface area contributed by atoms with Gasteiger partial charge in [-0.1, -0.05) is 6.07 Å². The molecule has 1 unspecified atom stereocenters. The van der Waals surface area contributed by atoms with E-state index in [0.29, 0.717) is 6.54 Å². The molecule has 0 aliphatic carbocycles. The van der Waals surface area contributed by atoms with Crippen LogP contribution in [0.2, 0.25) is 0 Å². The first kappa shape index (κ1) is 21.0. The van der Waals surface area contributed by atoms with E-state index in [0.717, 1.165) is 61.1 Å². The summed E-state index contributed by atoms with van der Waals surface area (Å²) >= 11 is 0. The molecular weight excluding hydrogens is 369 g/mol. The number of halogens is 1. The van der Waals surface area contributed by atoms with Gasteiger partial charge in [0.15, 0.2) is 5.96 Å². The lowest BCUT2D eigenvalue weighted by Gasteiger charge is -2.32. The summed E-state index contributed by atoms with van der Waals surface area (Å²) in [6.07, 6.45) is 2.88. The van der Waals surface area contributed by atoms with Crippen LogP contribution in [0.15, 0.2) is 41.5 Å². The molecule has 0 amide bonds. The van der Waals surface area contributed by atoms with Gasteiger partial charge in [0.2, 0.25) is 0 Å². The van der Waals surface area contributed by atoms with E-state index in [4.69, 9.17) is 4.74 Å². The molecule has 0 saturated carbocycles. The Bertz CT molecular complexity index is 842. The SMILES string of the molecule is CN=C(NCCc1ccc(F)cc1C)NCc1ccnc(N2CCOC(C)C2)c1. The van der Waals surface area contributed by atoms with Crippen molar-refractivity contribution < 1.29 is 9.13 Å². The summed E-state index contributed by atoms with van der Waals surface area (Å²) in [6.45, 7) is 7.85. The molecule has 1 aromatic carbocycles. The Morgan fingerprint density at radius 2 is 2.17 bits per heavy atom. The van der Waals surface area contributed by atoms with E-state index in [2.05, 4.69) is 38.5 Å². The Balaban J connectivity index is 1.49. The fourth-order valence-corrected chi connectivity index (χ4v) is 3.43. The largest absolute Gasteiger partial charge is 0.375 e. The van der Waals surface area contributed by atoms with E-state index in [1.807, 2.05) is 25.3 Å². The number of aryl methyl sites for hydroxylation is 1. The molecule has 1 saturated heterocycles. The van der Waals surface area contributed by atoms with E-state index in [1.165, 1.54) is 6.07 Å². The number of anilines is 1. The third-order valence-corrected chi connectivity index (χ3v) is 5.05. The van der Waals surface area contributed by atoms with E-state index < -0.39 is 0 Å². The number of hydrogen-bond acceptors (Lipinski definition) is 4. The fraction of sp³-hybridized carbons (Fsp3) is 0.455. The Kier molecular flexibility index (Phi) is 7.41. The number of aromatic nitrogens is 1. The van der Waals surface area contributed by atoms with Crippen molar-refractivity contribution in [1.29, 1.82) is 0 Å². The van der Waals surface area contributed by atoms with E-state index in [-0.39, 0.29) is 11.9 Å². The lowest BCUT2D eigenvalue weighted by atomic mass is 10.1. The smallest absolute Gasteiger partial charge is 0.191 e. The van der Waals surface area contributed by atoms with Crippen LogP contribution in [0.3, 0.4) is 0 Å².